The van der Waals surface area contributed by atoms with Gasteiger partial charge in [0.25, 0.3) is 0 Å². The van der Waals surface area contributed by atoms with E-state index in [2.05, 4.69) is 0 Å². The SMILES string of the molecule is O=C(CO)CC(O)CF. The Balaban J connectivity index is 3.34. The van der Waals surface area contributed by atoms with Crippen LogP contribution in [-0.4, -0.2) is 35.4 Å². The molecule has 0 aromatic rings. The molecular weight excluding hydrogens is 127 g/mol. The Morgan fingerprint density at radius 3 is 2.56 bits per heavy atom. The summed E-state index contributed by atoms with van der Waals surface area (Å²) in [6.45, 7) is -1.57. The summed E-state index contributed by atoms with van der Waals surface area (Å²) in [7, 11) is 0. The van der Waals surface area contributed by atoms with Crippen LogP contribution in [0.2, 0.25) is 0 Å². The Kier molecular flexibility index (Phi) is 4.17. The first-order valence-corrected chi connectivity index (χ1v) is 2.57. The van der Waals surface area contributed by atoms with Gasteiger partial charge in [-0.25, -0.2) is 4.39 Å². The van der Waals surface area contributed by atoms with Crippen LogP contribution in [0.25, 0.3) is 0 Å². The number of ketones is 1. The van der Waals surface area contributed by atoms with Gasteiger partial charge in [-0.2, -0.15) is 0 Å². The summed E-state index contributed by atoms with van der Waals surface area (Å²) in [5.74, 6) is -0.542. The number of Topliss-reactive ketones (excluding diaryl/α,β-unsaturated/α-hetero) is 1. The molecule has 0 rings (SSSR count). The van der Waals surface area contributed by atoms with E-state index in [9.17, 15) is 9.18 Å². The average molecular weight is 136 g/mol. The van der Waals surface area contributed by atoms with Crippen molar-refractivity contribution in [2.24, 2.45) is 0 Å². The summed E-state index contributed by atoms with van der Waals surface area (Å²) >= 11 is 0. The summed E-state index contributed by atoms with van der Waals surface area (Å²) in [6.07, 6.45) is -1.54. The number of carbonyl (C=O) groups is 1. The quantitative estimate of drug-likeness (QED) is 0.535. The highest BCUT2D eigenvalue weighted by Gasteiger charge is 2.07. The fraction of sp³-hybridized carbons (Fsp3) is 0.800. The average Bonchev–Trinajstić information content (AvgIpc) is 1.87. The molecule has 3 nitrogen and oxygen atoms in total. The van der Waals surface area contributed by atoms with Crippen molar-refractivity contribution in [1.29, 1.82) is 0 Å². The highest BCUT2D eigenvalue weighted by Crippen LogP contribution is 1.92. The summed E-state index contributed by atoms with van der Waals surface area (Å²) in [6, 6.07) is 0. The molecule has 1 unspecified atom stereocenters. The molecule has 9 heavy (non-hydrogen) atoms. The van der Waals surface area contributed by atoms with Crippen LogP contribution in [-0.2, 0) is 4.79 Å². The molecule has 0 heterocycles. The van der Waals surface area contributed by atoms with Crippen molar-refractivity contribution in [1.82, 2.24) is 0 Å². The number of hydrogen-bond donors (Lipinski definition) is 2. The molecule has 0 amide bonds. The van der Waals surface area contributed by atoms with Crippen molar-refractivity contribution < 1.29 is 19.4 Å². The molecule has 0 aromatic carbocycles. The van der Waals surface area contributed by atoms with Crippen LogP contribution in [0.4, 0.5) is 4.39 Å². The minimum absolute atomic E-state index is 0.299. The lowest BCUT2D eigenvalue weighted by Gasteiger charge is -2.00. The van der Waals surface area contributed by atoms with E-state index < -0.39 is 25.2 Å². The van der Waals surface area contributed by atoms with E-state index in [-0.39, 0.29) is 6.42 Å². The minimum Gasteiger partial charge on any atom is -0.390 e. The molecule has 0 aliphatic heterocycles. The summed E-state index contributed by atoms with van der Waals surface area (Å²) < 4.78 is 11.4. The van der Waals surface area contributed by atoms with Gasteiger partial charge in [-0.3, -0.25) is 4.79 Å². The molecule has 0 radical (unpaired) electrons. The Bertz CT molecular complexity index is 94.2. The van der Waals surface area contributed by atoms with Gasteiger partial charge in [0.2, 0.25) is 0 Å². The van der Waals surface area contributed by atoms with Gasteiger partial charge in [-0.15, -0.1) is 0 Å². The smallest absolute Gasteiger partial charge is 0.160 e. The molecule has 4 heteroatoms. The summed E-state index contributed by atoms with van der Waals surface area (Å²) in [4.78, 5) is 10.2. The van der Waals surface area contributed by atoms with E-state index >= 15 is 0 Å². The molecule has 0 spiro atoms. The van der Waals surface area contributed by atoms with Crippen molar-refractivity contribution in [2.75, 3.05) is 13.3 Å². The summed E-state index contributed by atoms with van der Waals surface area (Å²) in [5.41, 5.74) is 0. The minimum atomic E-state index is -1.25. The second-order valence-corrected chi connectivity index (χ2v) is 1.71. The van der Waals surface area contributed by atoms with Crippen molar-refractivity contribution in [2.45, 2.75) is 12.5 Å². The predicted molar refractivity (Wildman–Crippen MR) is 28.7 cm³/mol. The monoisotopic (exact) mass is 136 g/mol. The van der Waals surface area contributed by atoms with Crippen molar-refractivity contribution in [3.63, 3.8) is 0 Å². The van der Waals surface area contributed by atoms with E-state index in [4.69, 9.17) is 10.2 Å². The van der Waals surface area contributed by atoms with E-state index in [0.717, 1.165) is 0 Å². The maximum atomic E-state index is 11.4. The molecule has 0 fully saturated rings. The van der Waals surface area contributed by atoms with E-state index in [1.165, 1.54) is 0 Å². The van der Waals surface area contributed by atoms with Crippen LogP contribution in [0.1, 0.15) is 6.42 Å². The van der Waals surface area contributed by atoms with Crippen molar-refractivity contribution in [3.8, 4) is 0 Å². The fourth-order valence-corrected chi connectivity index (χ4v) is 0.382. The molecule has 0 bridgehead atoms. The fourth-order valence-electron chi connectivity index (χ4n) is 0.382. The lowest BCUT2D eigenvalue weighted by atomic mass is 10.2. The number of aliphatic hydroxyl groups is 2. The number of hydrogen-bond acceptors (Lipinski definition) is 3. The maximum absolute atomic E-state index is 11.4. The van der Waals surface area contributed by atoms with Crippen LogP contribution in [0.15, 0.2) is 0 Å². The van der Waals surface area contributed by atoms with E-state index in [1.54, 1.807) is 0 Å². The maximum Gasteiger partial charge on any atom is 0.160 e. The van der Waals surface area contributed by atoms with Gasteiger partial charge in [-0.05, 0) is 0 Å². The normalized spacial score (nSPS) is 13.2. The van der Waals surface area contributed by atoms with Gasteiger partial charge in [-0.1, -0.05) is 0 Å². The van der Waals surface area contributed by atoms with Crippen LogP contribution < -0.4 is 0 Å². The van der Waals surface area contributed by atoms with Gasteiger partial charge in [0.1, 0.15) is 13.3 Å². The Labute approximate surface area is 52.1 Å². The first-order chi connectivity index (χ1) is 4.20. The number of carbonyl (C=O) groups excluding carboxylic acids is 1. The second-order valence-electron chi connectivity index (χ2n) is 1.71. The number of rotatable bonds is 4. The van der Waals surface area contributed by atoms with E-state index in [0.29, 0.717) is 0 Å². The largest absolute Gasteiger partial charge is 0.390 e. The zero-order chi connectivity index (χ0) is 7.28. The third-order valence-corrected chi connectivity index (χ3v) is 0.818. The van der Waals surface area contributed by atoms with E-state index in [1.807, 2.05) is 0 Å². The Morgan fingerprint density at radius 2 is 2.22 bits per heavy atom. The lowest BCUT2D eigenvalue weighted by Crippen LogP contribution is -2.17. The van der Waals surface area contributed by atoms with Crippen LogP contribution in [0.5, 0.6) is 0 Å². The third-order valence-electron chi connectivity index (χ3n) is 0.818. The lowest BCUT2D eigenvalue weighted by molar-refractivity contribution is -0.123. The Morgan fingerprint density at radius 1 is 1.67 bits per heavy atom. The number of halogens is 1. The van der Waals surface area contributed by atoms with Crippen molar-refractivity contribution in [3.05, 3.63) is 0 Å². The molecule has 0 saturated heterocycles. The highest BCUT2D eigenvalue weighted by molar-refractivity contribution is 5.79. The molecule has 54 valence electrons. The van der Waals surface area contributed by atoms with Gasteiger partial charge in [0.15, 0.2) is 5.78 Å². The number of aliphatic hydroxyl groups excluding tert-OH is 2. The second kappa shape index (κ2) is 4.40. The van der Waals surface area contributed by atoms with Crippen LogP contribution >= 0.6 is 0 Å². The molecule has 0 saturated carbocycles. The molecule has 2 N–H and O–H groups in total. The zero-order valence-corrected chi connectivity index (χ0v) is 4.88. The van der Waals surface area contributed by atoms with Gasteiger partial charge >= 0.3 is 0 Å². The third kappa shape index (κ3) is 4.05. The molecule has 0 aromatic heterocycles. The molecule has 1 atom stereocenters. The summed E-state index contributed by atoms with van der Waals surface area (Å²) in [5, 5.41) is 16.5. The molecule has 0 aliphatic carbocycles. The van der Waals surface area contributed by atoms with Gasteiger partial charge in [0.05, 0.1) is 6.10 Å². The topological polar surface area (TPSA) is 57.5 Å². The van der Waals surface area contributed by atoms with Crippen LogP contribution in [0.3, 0.4) is 0 Å². The van der Waals surface area contributed by atoms with Gasteiger partial charge < -0.3 is 10.2 Å². The first-order valence-electron chi connectivity index (χ1n) is 2.57. The van der Waals surface area contributed by atoms with Gasteiger partial charge in [0, 0.05) is 6.42 Å². The molecule has 0 aliphatic rings. The molecular formula is C5H9FO3. The van der Waals surface area contributed by atoms with Crippen molar-refractivity contribution >= 4 is 5.78 Å². The number of alkyl halides is 1. The standard InChI is InChI=1S/C5H9FO3/c6-2-4(8)1-5(9)3-7/h4,7-8H,1-3H2. The Hall–Kier alpha value is -0.480. The first kappa shape index (κ1) is 8.52. The zero-order valence-electron chi connectivity index (χ0n) is 4.88. The van der Waals surface area contributed by atoms with Crippen LogP contribution in [0, 0.1) is 0 Å². The highest BCUT2D eigenvalue weighted by atomic mass is 19.1. The predicted octanol–water partition coefficient (Wildman–Crippen LogP) is -0.732.